The molecule has 0 aliphatic carbocycles. The predicted molar refractivity (Wildman–Crippen MR) is 85.0 cm³/mol. The highest BCUT2D eigenvalue weighted by atomic mass is 32.1. The van der Waals surface area contributed by atoms with Crippen LogP contribution in [0.15, 0.2) is 4.79 Å². The minimum absolute atomic E-state index is 0.00980. The van der Waals surface area contributed by atoms with Gasteiger partial charge >= 0.3 is 0 Å². The third-order valence-corrected chi connectivity index (χ3v) is 4.60. The van der Waals surface area contributed by atoms with E-state index >= 15 is 0 Å². The lowest BCUT2D eigenvalue weighted by Crippen LogP contribution is -2.28. The van der Waals surface area contributed by atoms with Crippen LogP contribution < -0.4 is 17.0 Å². The zero-order valence-electron chi connectivity index (χ0n) is 12.7. The molecule has 2 amide bonds. The second kappa shape index (κ2) is 5.88. The van der Waals surface area contributed by atoms with Gasteiger partial charge in [0.25, 0.3) is 11.5 Å². The van der Waals surface area contributed by atoms with Crippen LogP contribution in [0.5, 0.6) is 0 Å². The van der Waals surface area contributed by atoms with Gasteiger partial charge in [-0.25, -0.2) is 4.98 Å². The van der Waals surface area contributed by atoms with Crippen LogP contribution in [-0.2, 0) is 11.3 Å². The highest BCUT2D eigenvalue weighted by Crippen LogP contribution is 2.28. The van der Waals surface area contributed by atoms with Crippen molar-refractivity contribution in [3.05, 3.63) is 26.6 Å². The lowest BCUT2D eigenvalue weighted by molar-refractivity contribution is -0.118. The summed E-state index contributed by atoms with van der Waals surface area (Å²) in [5, 5.41) is 0.382. The quantitative estimate of drug-likeness (QED) is 0.848. The summed E-state index contributed by atoms with van der Waals surface area (Å²) in [7, 11) is 0. The number of aryl methyl sites for hydroxylation is 1. The molecule has 0 atom stereocenters. The molecule has 22 heavy (non-hydrogen) atoms. The maximum absolute atomic E-state index is 12.7. The van der Waals surface area contributed by atoms with Crippen LogP contribution in [0.2, 0.25) is 0 Å². The van der Waals surface area contributed by atoms with Gasteiger partial charge in [-0.3, -0.25) is 19.0 Å². The summed E-state index contributed by atoms with van der Waals surface area (Å²) in [5.41, 5.74) is 10.8. The molecule has 0 unspecified atom stereocenters. The number of aromatic nitrogens is 2. The molecular formula is C14H18N4O3S. The largest absolute Gasteiger partial charge is 0.370 e. The second-order valence-corrected chi connectivity index (χ2v) is 6.40. The van der Waals surface area contributed by atoms with E-state index in [9.17, 15) is 14.4 Å². The van der Waals surface area contributed by atoms with E-state index in [1.54, 1.807) is 6.92 Å². The third kappa shape index (κ3) is 2.74. The van der Waals surface area contributed by atoms with Crippen molar-refractivity contribution in [2.24, 2.45) is 11.5 Å². The van der Waals surface area contributed by atoms with E-state index < -0.39 is 11.8 Å². The molecule has 2 aromatic heterocycles. The molecule has 2 rings (SSSR count). The van der Waals surface area contributed by atoms with Gasteiger partial charge < -0.3 is 11.5 Å². The molecule has 0 aliphatic heterocycles. The topological polar surface area (TPSA) is 121 Å². The molecule has 7 nitrogen and oxygen atoms in total. The standard InChI is InChI=1S/C14H18N4O3S/c1-6(2)12-17-13-9(7(3)10(22-13)11(16)20)14(21)18(12)5-4-8(15)19/h6H,4-5H2,1-3H3,(H2,15,19)(H2,16,20). The number of primary amides is 2. The average molecular weight is 322 g/mol. The first-order valence-electron chi connectivity index (χ1n) is 6.86. The number of hydrogen-bond acceptors (Lipinski definition) is 5. The Morgan fingerprint density at radius 3 is 2.45 bits per heavy atom. The van der Waals surface area contributed by atoms with E-state index in [2.05, 4.69) is 4.98 Å². The minimum Gasteiger partial charge on any atom is -0.370 e. The molecule has 2 heterocycles. The Balaban J connectivity index is 2.76. The van der Waals surface area contributed by atoms with Crippen LogP contribution in [0, 0.1) is 6.92 Å². The van der Waals surface area contributed by atoms with E-state index in [0.29, 0.717) is 26.5 Å². The van der Waals surface area contributed by atoms with Gasteiger partial charge in [0.1, 0.15) is 10.7 Å². The van der Waals surface area contributed by atoms with Crippen molar-refractivity contribution >= 4 is 33.4 Å². The first-order chi connectivity index (χ1) is 10.2. The van der Waals surface area contributed by atoms with Crippen molar-refractivity contribution < 1.29 is 9.59 Å². The van der Waals surface area contributed by atoms with Gasteiger partial charge in [-0.2, -0.15) is 0 Å². The molecule has 0 fully saturated rings. The molecule has 4 N–H and O–H groups in total. The third-order valence-electron chi connectivity index (χ3n) is 3.40. The SMILES string of the molecule is Cc1c(C(N)=O)sc2nc(C(C)C)n(CCC(N)=O)c(=O)c12. The Kier molecular flexibility index (Phi) is 4.32. The zero-order valence-corrected chi connectivity index (χ0v) is 13.5. The first kappa shape index (κ1) is 16.2. The number of fused-ring (bicyclic) bond motifs is 1. The van der Waals surface area contributed by atoms with Crippen molar-refractivity contribution in [1.29, 1.82) is 0 Å². The maximum Gasteiger partial charge on any atom is 0.262 e. The molecule has 0 saturated heterocycles. The summed E-state index contributed by atoms with van der Waals surface area (Å²) in [6.07, 6.45) is 0.0542. The van der Waals surface area contributed by atoms with Crippen molar-refractivity contribution in [1.82, 2.24) is 9.55 Å². The molecule has 0 radical (unpaired) electrons. The van der Waals surface area contributed by atoms with Gasteiger partial charge in [0.2, 0.25) is 5.91 Å². The van der Waals surface area contributed by atoms with Gasteiger partial charge in [-0.05, 0) is 12.5 Å². The van der Waals surface area contributed by atoms with Crippen LogP contribution in [0.3, 0.4) is 0 Å². The van der Waals surface area contributed by atoms with E-state index in [1.807, 2.05) is 13.8 Å². The fourth-order valence-electron chi connectivity index (χ4n) is 2.35. The normalized spacial score (nSPS) is 11.3. The Hall–Kier alpha value is -2.22. The van der Waals surface area contributed by atoms with E-state index in [0.717, 1.165) is 11.3 Å². The lowest BCUT2D eigenvalue weighted by atomic mass is 10.1. The molecule has 0 aliphatic rings. The molecule has 0 saturated carbocycles. The Bertz CT molecular complexity index is 820. The monoisotopic (exact) mass is 322 g/mol. The summed E-state index contributed by atoms with van der Waals surface area (Å²) in [6, 6.07) is 0. The van der Waals surface area contributed by atoms with Crippen LogP contribution in [0.25, 0.3) is 10.2 Å². The van der Waals surface area contributed by atoms with Crippen molar-refractivity contribution in [2.75, 3.05) is 0 Å². The summed E-state index contributed by atoms with van der Waals surface area (Å²) >= 11 is 1.12. The minimum atomic E-state index is -0.574. The number of nitrogens with two attached hydrogens (primary N) is 2. The fraction of sp³-hybridized carbons (Fsp3) is 0.429. The van der Waals surface area contributed by atoms with Crippen molar-refractivity contribution in [3.8, 4) is 0 Å². The molecule has 8 heteroatoms. The molecule has 118 valence electrons. The number of thiophene rings is 1. The highest BCUT2D eigenvalue weighted by molar-refractivity contribution is 7.20. The number of rotatable bonds is 5. The smallest absolute Gasteiger partial charge is 0.262 e. The summed E-state index contributed by atoms with van der Waals surface area (Å²) in [5.74, 6) is -0.503. The van der Waals surface area contributed by atoms with E-state index in [4.69, 9.17) is 11.5 Å². The summed E-state index contributed by atoms with van der Waals surface area (Å²) < 4.78 is 1.46. The Morgan fingerprint density at radius 2 is 1.95 bits per heavy atom. The number of amides is 2. The van der Waals surface area contributed by atoms with Crippen LogP contribution in [0.1, 0.15) is 47.2 Å². The Morgan fingerprint density at radius 1 is 1.32 bits per heavy atom. The van der Waals surface area contributed by atoms with Crippen molar-refractivity contribution in [2.45, 2.75) is 39.7 Å². The van der Waals surface area contributed by atoms with E-state index in [-0.39, 0.29) is 24.4 Å². The average Bonchev–Trinajstić information content (AvgIpc) is 2.74. The maximum atomic E-state index is 12.7. The molecule has 0 aromatic carbocycles. The number of carbonyl (C=O) groups excluding carboxylic acids is 2. The number of carbonyl (C=O) groups is 2. The van der Waals surface area contributed by atoms with Gasteiger partial charge in [-0.1, -0.05) is 13.8 Å². The van der Waals surface area contributed by atoms with Crippen LogP contribution >= 0.6 is 11.3 Å². The number of hydrogen-bond donors (Lipinski definition) is 2. The highest BCUT2D eigenvalue weighted by Gasteiger charge is 2.21. The van der Waals surface area contributed by atoms with Gasteiger partial charge in [0.05, 0.1) is 10.3 Å². The van der Waals surface area contributed by atoms with Gasteiger partial charge in [0.15, 0.2) is 0 Å². The summed E-state index contributed by atoms with van der Waals surface area (Å²) in [6.45, 7) is 5.66. The van der Waals surface area contributed by atoms with Gasteiger partial charge in [-0.15, -0.1) is 11.3 Å². The Labute approximate surface area is 130 Å². The molecular weight excluding hydrogens is 304 g/mol. The van der Waals surface area contributed by atoms with Crippen LogP contribution in [-0.4, -0.2) is 21.4 Å². The molecule has 0 spiro atoms. The van der Waals surface area contributed by atoms with Crippen molar-refractivity contribution in [3.63, 3.8) is 0 Å². The van der Waals surface area contributed by atoms with E-state index in [1.165, 1.54) is 4.57 Å². The lowest BCUT2D eigenvalue weighted by Gasteiger charge is -2.14. The second-order valence-electron chi connectivity index (χ2n) is 5.40. The molecule has 2 aromatic rings. The van der Waals surface area contributed by atoms with Gasteiger partial charge in [0, 0.05) is 18.9 Å². The zero-order chi connectivity index (χ0) is 16.6. The number of nitrogens with zero attached hydrogens (tertiary/aromatic N) is 2. The molecule has 0 bridgehead atoms. The summed E-state index contributed by atoms with van der Waals surface area (Å²) in [4.78, 5) is 40.6. The predicted octanol–water partition coefficient (Wildman–Crippen LogP) is 0.864. The fourth-order valence-corrected chi connectivity index (χ4v) is 3.38. The first-order valence-corrected chi connectivity index (χ1v) is 7.67. The van der Waals surface area contributed by atoms with Crippen LogP contribution in [0.4, 0.5) is 0 Å².